The molecular formula is C16H29N5O2S. The highest BCUT2D eigenvalue weighted by molar-refractivity contribution is 7.86. The van der Waals surface area contributed by atoms with Crippen LogP contribution in [-0.2, 0) is 16.6 Å². The van der Waals surface area contributed by atoms with Gasteiger partial charge in [0.05, 0.1) is 0 Å². The maximum Gasteiger partial charge on any atom is 0.281 e. The number of rotatable bonds is 6. The van der Waals surface area contributed by atoms with Crippen molar-refractivity contribution in [2.24, 2.45) is 0 Å². The van der Waals surface area contributed by atoms with Crippen molar-refractivity contribution >= 4 is 16.0 Å². The molecular weight excluding hydrogens is 326 g/mol. The van der Waals surface area contributed by atoms with E-state index in [-0.39, 0.29) is 6.04 Å². The van der Waals surface area contributed by atoms with E-state index in [1.54, 1.807) is 18.4 Å². The third kappa shape index (κ3) is 4.64. The largest absolute Gasteiger partial charge is 0.366 e. The van der Waals surface area contributed by atoms with E-state index in [4.69, 9.17) is 0 Å². The summed E-state index contributed by atoms with van der Waals surface area (Å²) in [5.74, 6) is 1.57. The molecule has 0 spiro atoms. The Bertz CT molecular complexity index is 648. The predicted molar refractivity (Wildman–Crippen MR) is 96.2 cm³/mol. The van der Waals surface area contributed by atoms with Gasteiger partial charge in [-0.25, -0.2) is 9.97 Å². The van der Waals surface area contributed by atoms with Crippen LogP contribution in [0, 0.1) is 6.92 Å². The van der Waals surface area contributed by atoms with E-state index in [1.165, 1.54) is 4.31 Å². The summed E-state index contributed by atoms with van der Waals surface area (Å²) in [6.07, 6.45) is 6.63. The maximum atomic E-state index is 12.5. The molecule has 2 rings (SSSR count). The lowest BCUT2D eigenvalue weighted by Gasteiger charge is -2.27. The number of anilines is 1. The number of hydrogen-bond donors (Lipinski definition) is 1. The Balaban J connectivity index is 2.18. The molecule has 24 heavy (non-hydrogen) atoms. The summed E-state index contributed by atoms with van der Waals surface area (Å²) in [6.45, 7) is 5.04. The molecule has 1 aliphatic rings. The molecule has 1 saturated heterocycles. The van der Waals surface area contributed by atoms with Crippen molar-refractivity contribution in [1.29, 1.82) is 0 Å². The van der Waals surface area contributed by atoms with Crippen molar-refractivity contribution in [2.75, 3.05) is 32.5 Å². The van der Waals surface area contributed by atoms with Gasteiger partial charge in [0.25, 0.3) is 10.2 Å². The Morgan fingerprint density at radius 3 is 2.79 bits per heavy atom. The second-order valence-electron chi connectivity index (χ2n) is 6.53. The molecule has 0 amide bonds. The molecule has 1 atom stereocenters. The monoisotopic (exact) mass is 355 g/mol. The van der Waals surface area contributed by atoms with E-state index in [0.717, 1.165) is 49.3 Å². The average Bonchev–Trinajstić information content (AvgIpc) is 2.76. The SMILES string of the molecule is CCCc1cnc(C)nc1NC1CCCCN(S(=O)(=O)N(C)C)C1. The summed E-state index contributed by atoms with van der Waals surface area (Å²) in [5, 5.41) is 3.48. The van der Waals surface area contributed by atoms with Gasteiger partial charge in [0.15, 0.2) is 0 Å². The third-order valence-corrected chi connectivity index (χ3v) is 6.17. The van der Waals surface area contributed by atoms with Gasteiger partial charge in [-0.1, -0.05) is 19.8 Å². The van der Waals surface area contributed by atoms with Crippen LogP contribution in [0.1, 0.15) is 44.0 Å². The van der Waals surface area contributed by atoms with E-state index in [2.05, 4.69) is 22.2 Å². The fourth-order valence-electron chi connectivity index (χ4n) is 2.93. The summed E-state index contributed by atoms with van der Waals surface area (Å²) < 4.78 is 27.8. The van der Waals surface area contributed by atoms with Crippen LogP contribution >= 0.6 is 0 Å². The Hall–Kier alpha value is -1.25. The highest BCUT2D eigenvalue weighted by Crippen LogP contribution is 2.21. The average molecular weight is 356 g/mol. The zero-order valence-corrected chi connectivity index (χ0v) is 15.9. The van der Waals surface area contributed by atoms with Gasteiger partial charge in [-0.2, -0.15) is 17.0 Å². The molecule has 0 aliphatic carbocycles. The fourth-order valence-corrected chi connectivity index (χ4v) is 4.12. The van der Waals surface area contributed by atoms with Gasteiger partial charge in [-0.15, -0.1) is 0 Å². The molecule has 0 saturated carbocycles. The lowest BCUT2D eigenvalue weighted by Crippen LogP contribution is -2.44. The van der Waals surface area contributed by atoms with Crippen molar-refractivity contribution < 1.29 is 8.42 Å². The van der Waals surface area contributed by atoms with Gasteiger partial charge >= 0.3 is 0 Å². The highest BCUT2D eigenvalue weighted by atomic mass is 32.2. The van der Waals surface area contributed by atoms with E-state index >= 15 is 0 Å². The molecule has 1 aromatic rings. The minimum Gasteiger partial charge on any atom is -0.366 e. The Morgan fingerprint density at radius 1 is 1.38 bits per heavy atom. The second kappa shape index (κ2) is 8.22. The zero-order valence-electron chi connectivity index (χ0n) is 15.1. The van der Waals surface area contributed by atoms with Crippen LogP contribution in [-0.4, -0.2) is 60.2 Å². The number of aromatic nitrogens is 2. The Morgan fingerprint density at radius 2 is 2.12 bits per heavy atom. The standard InChI is InChI=1S/C16H29N5O2S/c1-5-8-14-11-17-13(2)18-16(14)19-15-9-6-7-10-21(12-15)24(22,23)20(3)4/h11,15H,5-10,12H2,1-4H3,(H,17,18,19). The van der Waals surface area contributed by atoms with Gasteiger partial charge in [0.2, 0.25) is 0 Å². The lowest BCUT2D eigenvalue weighted by atomic mass is 10.1. The molecule has 8 heteroatoms. The minimum absolute atomic E-state index is 0.0622. The molecule has 0 radical (unpaired) electrons. The Labute approximate surface area is 145 Å². The van der Waals surface area contributed by atoms with E-state index in [1.807, 2.05) is 13.1 Å². The van der Waals surface area contributed by atoms with Crippen molar-refractivity contribution in [2.45, 2.75) is 52.0 Å². The van der Waals surface area contributed by atoms with Crippen molar-refractivity contribution in [1.82, 2.24) is 18.6 Å². The molecule has 0 bridgehead atoms. The summed E-state index contributed by atoms with van der Waals surface area (Å²) >= 11 is 0. The Kier molecular flexibility index (Phi) is 6.54. The zero-order chi connectivity index (χ0) is 17.7. The van der Waals surface area contributed by atoms with Gasteiger partial charge in [0.1, 0.15) is 11.6 Å². The smallest absolute Gasteiger partial charge is 0.281 e. The summed E-state index contributed by atoms with van der Waals surface area (Å²) in [7, 11) is -0.225. The molecule has 7 nitrogen and oxygen atoms in total. The maximum absolute atomic E-state index is 12.5. The van der Waals surface area contributed by atoms with E-state index in [9.17, 15) is 8.42 Å². The van der Waals surface area contributed by atoms with Crippen LogP contribution in [0.3, 0.4) is 0 Å². The summed E-state index contributed by atoms with van der Waals surface area (Å²) in [6, 6.07) is 0.0622. The van der Waals surface area contributed by atoms with Crippen LogP contribution in [0.4, 0.5) is 5.82 Å². The van der Waals surface area contributed by atoms with E-state index in [0.29, 0.717) is 13.1 Å². The number of nitrogens with one attached hydrogen (secondary N) is 1. The van der Waals surface area contributed by atoms with E-state index < -0.39 is 10.2 Å². The second-order valence-corrected chi connectivity index (χ2v) is 8.67. The fraction of sp³-hybridized carbons (Fsp3) is 0.750. The van der Waals surface area contributed by atoms with Crippen LogP contribution in [0.25, 0.3) is 0 Å². The first-order valence-corrected chi connectivity index (χ1v) is 10.0. The molecule has 1 aromatic heterocycles. The quantitative estimate of drug-likeness (QED) is 0.842. The first kappa shape index (κ1) is 19.1. The minimum atomic E-state index is -3.38. The molecule has 0 aromatic carbocycles. The van der Waals surface area contributed by atoms with Gasteiger partial charge in [-0.05, 0) is 26.2 Å². The highest BCUT2D eigenvalue weighted by Gasteiger charge is 2.29. The molecule has 1 fully saturated rings. The lowest BCUT2D eigenvalue weighted by molar-refractivity contribution is 0.376. The molecule has 136 valence electrons. The number of nitrogens with zero attached hydrogens (tertiary/aromatic N) is 4. The summed E-state index contributed by atoms with van der Waals surface area (Å²) in [4.78, 5) is 8.82. The predicted octanol–water partition coefficient (Wildman–Crippen LogP) is 1.81. The van der Waals surface area contributed by atoms with Gasteiger partial charge in [0, 0.05) is 45.0 Å². The van der Waals surface area contributed by atoms with Crippen LogP contribution in [0.2, 0.25) is 0 Å². The normalized spacial score (nSPS) is 20.1. The number of hydrogen-bond acceptors (Lipinski definition) is 5. The van der Waals surface area contributed by atoms with Gasteiger partial charge in [-0.3, -0.25) is 0 Å². The molecule has 1 unspecified atom stereocenters. The molecule has 1 N–H and O–H groups in total. The summed E-state index contributed by atoms with van der Waals surface area (Å²) in [5.41, 5.74) is 1.09. The van der Waals surface area contributed by atoms with Crippen LogP contribution in [0.15, 0.2) is 6.20 Å². The molecule has 2 heterocycles. The van der Waals surface area contributed by atoms with Crippen LogP contribution in [0.5, 0.6) is 0 Å². The molecule has 1 aliphatic heterocycles. The number of aryl methyl sites for hydroxylation is 2. The first-order valence-electron chi connectivity index (χ1n) is 8.61. The van der Waals surface area contributed by atoms with Crippen LogP contribution < -0.4 is 5.32 Å². The van der Waals surface area contributed by atoms with Crippen molar-refractivity contribution in [3.05, 3.63) is 17.6 Å². The van der Waals surface area contributed by atoms with Gasteiger partial charge < -0.3 is 5.32 Å². The van der Waals surface area contributed by atoms with Crippen molar-refractivity contribution in [3.8, 4) is 0 Å². The topological polar surface area (TPSA) is 78.4 Å². The first-order chi connectivity index (χ1) is 11.3. The third-order valence-electron chi connectivity index (χ3n) is 4.27. The van der Waals surface area contributed by atoms with Crippen molar-refractivity contribution in [3.63, 3.8) is 0 Å².